The zero-order chi connectivity index (χ0) is 11.3. The smallest absolute Gasteiger partial charge is 0.389 e. The second-order valence-corrected chi connectivity index (χ2v) is 2.52. The summed E-state index contributed by atoms with van der Waals surface area (Å²) >= 11 is 0. The summed E-state index contributed by atoms with van der Waals surface area (Å²) in [4.78, 5) is 20.7. The Hall–Kier alpha value is -2.35. The van der Waals surface area contributed by atoms with Crippen LogP contribution in [0, 0.1) is 22.0 Å². The average Bonchev–Trinajstić information content (AvgIpc) is 2.18. The lowest BCUT2D eigenvalue weighted by atomic mass is 10.3. The van der Waals surface area contributed by atoms with E-state index in [0.29, 0.717) is 0 Å². The molecule has 5 heteroatoms. The minimum Gasteiger partial charge on any atom is -0.417 e. The van der Waals surface area contributed by atoms with E-state index in [-0.39, 0.29) is 11.4 Å². The maximum atomic E-state index is 10.9. The SMILES string of the molecule is CC#CC(=O)Oc1ccc([N+](=O)[O-])cc1. The Bertz CT molecular complexity index is 439. The van der Waals surface area contributed by atoms with Crippen molar-refractivity contribution in [2.75, 3.05) is 0 Å². The number of non-ortho nitro benzene ring substituents is 1. The summed E-state index contributed by atoms with van der Waals surface area (Å²) in [6.45, 7) is 1.51. The summed E-state index contributed by atoms with van der Waals surface area (Å²) in [6.07, 6.45) is 0. The number of nitro benzene ring substituents is 1. The third-order valence-electron chi connectivity index (χ3n) is 1.49. The van der Waals surface area contributed by atoms with Gasteiger partial charge in [0, 0.05) is 18.1 Å². The van der Waals surface area contributed by atoms with Gasteiger partial charge in [0.25, 0.3) is 5.69 Å². The second-order valence-electron chi connectivity index (χ2n) is 2.52. The minimum atomic E-state index is -0.689. The number of carbonyl (C=O) groups is 1. The largest absolute Gasteiger partial charge is 0.417 e. The zero-order valence-electron chi connectivity index (χ0n) is 7.89. The monoisotopic (exact) mass is 205 g/mol. The van der Waals surface area contributed by atoms with Crippen molar-refractivity contribution in [3.8, 4) is 17.6 Å². The van der Waals surface area contributed by atoms with E-state index in [2.05, 4.69) is 11.8 Å². The van der Waals surface area contributed by atoms with Crippen LogP contribution in [0.3, 0.4) is 0 Å². The van der Waals surface area contributed by atoms with Gasteiger partial charge in [0.2, 0.25) is 0 Å². The van der Waals surface area contributed by atoms with Crippen LogP contribution in [0.4, 0.5) is 5.69 Å². The molecule has 15 heavy (non-hydrogen) atoms. The summed E-state index contributed by atoms with van der Waals surface area (Å²) < 4.78 is 4.75. The summed E-state index contributed by atoms with van der Waals surface area (Å²) in [7, 11) is 0. The van der Waals surface area contributed by atoms with Crippen molar-refractivity contribution in [2.45, 2.75) is 6.92 Å². The van der Waals surface area contributed by atoms with E-state index in [0.717, 1.165) is 0 Å². The van der Waals surface area contributed by atoms with E-state index >= 15 is 0 Å². The highest BCUT2D eigenvalue weighted by Gasteiger charge is 2.05. The summed E-state index contributed by atoms with van der Waals surface area (Å²) in [5, 5.41) is 10.3. The molecule has 0 spiro atoms. The molecule has 76 valence electrons. The Labute approximate surface area is 85.8 Å². The van der Waals surface area contributed by atoms with E-state index in [9.17, 15) is 14.9 Å². The van der Waals surface area contributed by atoms with Crippen molar-refractivity contribution >= 4 is 11.7 Å². The number of hydrogen-bond donors (Lipinski definition) is 0. The first-order valence-corrected chi connectivity index (χ1v) is 4.02. The maximum absolute atomic E-state index is 10.9. The molecular weight excluding hydrogens is 198 g/mol. The van der Waals surface area contributed by atoms with Crippen molar-refractivity contribution < 1.29 is 14.5 Å². The van der Waals surface area contributed by atoms with Gasteiger partial charge in [-0.1, -0.05) is 5.92 Å². The Morgan fingerprint density at radius 3 is 2.47 bits per heavy atom. The lowest BCUT2D eigenvalue weighted by molar-refractivity contribution is -0.384. The number of nitrogens with zero attached hydrogens (tertiary/aromatic N) is 1. The van der Waals surface area contributed by atoms with Crippen LogP contribution in [0.1, 0.15) is 6.92 Å². The van der Waals surface area contributed by atoms with E-state index in [4.69, 9.17) is 4.74 Å². The first kappa shape index (κ1) is 10.7. The van der Waals surface area contributed by atoms with Crippen LogP contribution in [0.15, 0.2) is 24.3 Å². The lowest BCUT2D eigenvalue weighted by Gasteiger charge is -1.98. The van der Waals surface area contributed by atoms with Gasteiger partial charge in [-0.2, -0.15) is 0 Å². The molecule has 0 saturated carbocycles. The molecule has 0 unspecified atom stereocenters. The molecule has 0 atom stereocenters. The van der Waals surface area contributed by atoms with Gasteiger partial charge in [0.1, 0.15) is 5.75 Å². The van der Waals surface area contributed by atoms with Crippen LogP contribution in [0.5, 0.6) is 5.75 Å². The fourth-order valence-corrected chi connectivity index (χ4v) is 0.871. The number of rotatable bonds is 2. The molecule has 1 rings (SSSR count). The van der Waals surface area contributed by atoms with Crippen LogP contribution < -0.4 is 4.74 Å². The lowest BCUT2D eigenvalue weighted by Crippen LogP contribution is -2.04. The predicted molar refractivity (Wildman–Crippen MR) is 52.2 cm³/mol. The predicted octanol–water partition coefficient (Wildman–Crippen LogP) is 1.52. The van der Waals surface area contributed by atoms with Crippen LogP contribution in [0.25, 0.3) is 0 Å². The molecule has 0 aliphatic rings. The third-order valence-corrected chi connectivity index (χ3v) is 1.49. The number of esters is 1. The topological polar surface area (TPSA) is 69.4 Å². The van der Waals surface area contributed by atoms with E-state index in [1.165, 1.54) is 31.2 Å². The standard InChI is InChI=1S/C10H7NO4/c1-2-3-10(12)15-9-6-4-8(5-7-9)11(13)14/h4-7H,1H3. The molecule has 0 aliphatic carbocycles. The molecule has 5 nitrogen and oxygen atoms in total. The molecule has 0 heterocycles. The highest BCUT2D eigenvalue weighted by Crippen LogP contribution is 2.17. The maximum Gasteiger partial charge on any atom is 0.389 e. The summed E-state index contributed by atoms with van der Waals surface area (Å²) in [6, 6.07) is 5.19. The molecule has 0 saturated heterocycles. The Morgan fingerprint density at radius 2 is 2.00 bits per heavy atom. The van der Waals surface area contributed by atoms with Crippen molar-refractivity contribution in [3.63, 3.8) is 0 Å². The Kier molecular flexibility index (Phi) is 3.41. The molecule has 0 radical (unpaired) electrons. The van der Waals surface area contributed by atoms with Crippen molar-refractivity contribution in [3.05, 3.63) is 34.4 Å². The molecule has 1 aromatic carbocycles. The normalized spacial score (nSPS) is 8.60. The highest BCUT2D eigenvalue weighted by molar-refractivity contribution is 5.90. The fourth-order valence-electron chi connectivity index (χ4n) is 0.871. The molecule has 0 aromatic heterocycles. The number of nitro groups is 1. The molecule has 0 N–H and O–H groups in total. The zero-order valence-corrected chi connectivity index (χ0v) is 7.89. The highest BCUT2D eigenvalue weighted by atomic mass is 16.6. The number of carbonyl (C=O) groups excluding carboxylic acids is 1. The van der Waals surface area contributed by atoms with Gasteiger partial charge < -0.3 is 4.74 Å². The van der Waals surface area contributed by atoms with Gasteiger partial charge in [0.15, 0.2) is 0 Å². The van der Waals surface area contributed by atoms with Crippen molar-refractivity contribution in [1.82, 2.24) is 0 Å². The number of ether oxygens (including phenoxy) is 1. The van der Waals surface area contributed by atoms with Crippen LogP contribution in [-0.2, 0) is 4.79 Å². The quantitative estimate of drug-likeness (QED) is 0.183. The molecular formula is C10H7NO4. The average molecular weight is 205 g/mol. The number of benzene rings is 1. The van der Waals surface area contributed by atoms with Gasteiger partial charge in [-0.05, 0) is 19.1 Å². The second kappa shape index (κ2) is 4.77. The molecule has 0 fully saturated rings. The van der Waals surface area contributed by atoms with Gasteiger partial charge in [-0.3, -0.25) is 10.1 Å². The molecule has 0 bridgehead atoms. The first-order valence-electron chi connectivity index (χ1n) is 4.02. The van der Waals surface area contributed by atoms with Crippen LogP contribution >= 0.6 is 0 Å². The molecule has 0 amide bonds. The summed E-state index contributed by atoms with van der Waals surface area (Å²) in [5.41, 5.74) is -0.0589. The number of hydrogen-bond acceptors (Lipinski definition) is 4. The fraction of sp³-hybridized carbons (Fsp3) is 0.100. The van der Waals surface area contributed by atoms with Crippen molar-refractivity contribution in [2.24, 2.45) is 0 Å². The van der Waals surface area contributed by atoms with Crippen LogP contribution in [-0.4, -0.2) is 10.9 Å². The van der Waals surface area contributed by atoms with Gasteiger partial charge in [0.05, 0.1) is 4.92 Å². The van der Waals surface area contributed by atoms with E-state index in [1.807, 2.05) is 0 Å². The molecule has 0 aliphatic heterocycles. The summed E-state index contributed by atoms with van der Waals surface area (Å²) in [5.74, 6) is 4.11. The Morgan fingerprint density at radius 1 is 1.40 bits per heavy atom. The Balaban J connectivity index is 2.75. The van der Waals surface area contributed by atoms with E-state index in [1.54, 1.807) is 0 Å². The first-order chi connectivity index (χ1) is 7.13. The van der Waals surface area contributed by atoms with Crippen LogP contribution in [0.2, 0.25) is 0 Å². The van der Waals surface area contributed by atoms with E-state index < -0.39 is 10.9 Å². The van der Waals surface area contributed by atoms with Gasteiger partial charge in [-0.15, -0.1) is 0 Å². The molecule has 1 aromatic rings. The van der Waals surface area contributed by atoms with Gasteiger partial charge >= 0.3 is 5.97 Å². The minimum absolute atomic E-state index is 0.0589. The van der Waals surface area contributed by atoms with Gasteiger partial charge in [-0.25, -0.2) is 4.79 Å². The third kappa shape index (κ3) is 3.12. The van der Waals surface area contributed by atoms with Crippen molar-refractivity contribution in [1.29, 1.82) is 0 Å².